The van der Waals surface area contributed by atoms with E-state index in [1.54, 1.807) is 11.9 Å². The summed E-state index contributed by atoms with van der Waals surface area (Å²) in [6, 6.07) is 15.1. The summed E-state index contributed by atoms with van der Waals surface area (Å²) in [4.78, 5) is 14.4. The molecule has 2 aromatic carbocycles. The maximum atomic E-state index is 12.7. The molecule has 24 heavy (non-hydrogen) atoms. The molecule has 0 saturated heterocycles. The molecule has 2 N–H and O–H groups in total. The zero-order valence-electron chi connectivity index (χ0n) is 13.9. The standard InChI is InChI=1S/C19H22N2O3/c1-13(18(20)15-6-4-3-5-7-15)19(22)21(2)11-14-8-9-16-17(10-14)24-12-23-16/h3-10,13,18H,11-12,20H2,1-2H3/t13-,18-/m0/s1. The van der Waals surface area contributed by atoms with Crippen molar-refractivity contribution < 1.29 is 14.3 Å². The molecule has 5 nitrogen and oxygen atoms in total. The van der Waals surface area contributed by atoms with Crippen molar-refractivity contribution in [3.05, 3.63) is 59.7 Å². The zero-order chi connectivity index (χ0) is 17.1. The molecule has 1 aliphatic heterocycles. The predicted octanol–water partition coefficient (Wildman–Crippen LogP) is 2.71. The smallest absolute Gasteiger partial charge is 0.231 e. The number of ether oxygens (including phenoxy) is 2. The molecule has 0 spiro atoms. The van der Waals surface area contributed by atoms with Gasteiger partial charge in [-0.2, -0.15) is 0 Å². The Morgan fingerprint density at radius 1 is 1.17 bits per heavy atom. The Morgan fingerprint density at radius 2 is 1.88 bits per heavy atom. The van der Waals surface area contributed by atoms with Gasteiger partial charge in [-0.1, -0.05) is 43.3 Å². The van der Waals surface area contributed by atoms with Crippen LogP contribution in [0.1, 0.15) is 24.1 Å². The van der Waals surface area contributed by atoms with E-state index in [-0.39, 0.29) is 24.7 Å². The Bertz CT molecular complexity index is 718. The minimum Gasteiger partial charge on any atom is -0.454 e. The van der Waals surface area contributed by atoms with Crippen LogP contribution in [0.4, 0.5) is 0 Å². The SMILES string of the molecule is C[C@H](C(=O)N(C)Cc1ccc2c(c1)OCO2)[C@H](N)c1ccccc1. The van der Waals surface area contributed by atoms with Crippen molar-refractivity contribution in [3.63, 3.8) is 0 Å². The Labute approximate surface area is 142 Å². The van der Waals surface area contributed by atoms with Crippen LogP contribution in [0, 0.1) is 5.92 Å². The number of carbonyl (C=O) groups excluding carboxylic acids is 1. The lowest BCUT2D eigenvalue weighted by Crippen LogP contribution is -2.36. The van der Waals surface area contributed by atoms with Crippen molar-refractivity contribution in [2.45, 2.75) is 19.5 Å². The van der Waals surface area contributed by atoms with Crippen LogP contribution in [-0.2, 0) is 11.3 Å². The average Bonchev–Trinajstić information content (AvgIpc) is 3.08. The minimum absolute atomic E-state index is 0.0176. The quantitative estimate of drug-likeness (QED) is 0.917. The second-order valence-corrected chi connectivity index (χ2v) is 6.11. The van der Waals surface area contributed by atoms with Crippen molar-refractivity contribution >= 4 is 5.91 Å². The first kappa shape index (κ1) is 16.3. The van der Waals surface area contributed by atoms with Gasteiger partial charge in [0, 0.05) is 19.6 Å². The van der Waals surface area contributed by atoms with Gasteiger partial charge in [0.25, 0.3) is 0 Å². The molecule has 1 amide bonds. The average molecular weight is 326 g/mol. The molecule has 2 aromatic rings. The van der Waals surface area contributed by atoms with Crippen molar-refractivity contribution in [3.8, 4) is 11.5 Å². The summed E-state index contributed by atoms with van der Waals surface area (Å²) in [5.74, 6) is 1.19. The van der Waals surface area contributed by atoms with Crippen molar-refractivity contribution in [1.29, 1.82) is 0 Å². The highest BCUT2D eigenvalue weighted by Crippen LogP contribution is 2.33. The lowest BCUT2D eigenvalue weighted by Gasteiger charge is -2.25. The number of hydrogen-bond donors (Lipinski definition) is 1. The fourth-order valence-corrected chi connectivity index (χ4v) is 2.86. The predicted molar refractivity (Wildman–Crippen MR) is 91.6 cm³/mol. The van der Waals surface area contributed by atoms with Crippen molar-refractivity contribution in [2.24, 2.45) is 11.7 Å². The van der Waals surface area contributed by atoms with E-state index in [0.29, 0.717) is 6.54 Å². The van der Waals surface area contributed by atoms with Gasteiger partial charge in [-0.15, -0.1) is 0 Å². The van der Waals surface area contributed by atoms with E-state index in [0.717, 1.165) is 22.6 Å². The largest absolute Gasteiger partial charge is 0.454 e. The number of fused-ring (bicyclic) bond motifs is 1. The molecule has 0 fully saturated rings. The maximum Gasteiger partial charge on any atom is 0.231 e. The first-order valence-corrected chi connectivity index (χ1v) is 8.00. The van der Waals surface area contributed by atoms with Gasteiger partial charge in [0.15, 0.2) is 11.5 Å². The third-order valence-corrected chi connectivity index (χ3v) is 4.35. The number of benzene rings is 2. The van der Waals surface area contributed by atoms with E-state index in [2.05, 4.69) is 0 Å². The monoisotopic (exact) mass is 326 g/mol. The molecule has 1 heterocycles. The number of nitrogens with zero attached hydrogens (tertiary/aromatic N) is 1. The van der Waals surface area contributed by atoms with Crippen LogP contribution in [0.3, 0.4) is 0 Å². The maximum absolute atomic E-state index is 12.7. The molecule has 3 rings (SSSR count). The van der Waals surface area contributed by atoms with Crippen LogP contribution < -0.4 is 15.2 Å². The summed E-state index contributed by atoms with van der Waals surface area (Å²) < 4.78 is 10.7. The first-order chi connectivity index (χ1) is 11.6. The Hall–Kier alpha value is -2.53. The van der Waals surface area contributed by atoms with Gasteiger partial charge in [0.1, 0.15) is 0 Å². The fourth-order valence-electron chi connectivity index (χ4n) is 2.86. The number of hydrogen-bond acceptors (Lipinski definition) is 4. The number of rotatable bonds is 5. The summed E-state index contributed by atoms with van der Waals surface area (Å²) in [5.41, 5.74) is 8.22. The van der Waals surface area contributed by atoms with E-state index in [1.807, 2.05) is 55.5 Å². The normalized spacial score (nSPS) is 15.0. The molecule has 0 bridgehead atoms. The van der Waals surface area contributed by atoms with Gasteiger partial charge >= 0.3 is 0 Å². The molecule has 0 radical (unpaired) electrons. The number of carbonyl (C=O) groups is 1. The van der Waals surface area contributed by atoms with Crippen LogP contribution in [0.15, 0.2) is 48.5 Å². The summed E-state index contributed by atoms with van der Waals surface area (Å²) in [7, 11) is 1.79. The van der Waals surface area contributed by atoms with E-state index in [9.17, 15) is 4.79 Å². The van der Waals surface area contributed by atoms with Gasteiger partial charge < -0.3 is 20.1 Å². The van der Waals surface area contributed by atoms with Crippen LogP contribution in [-0.4, -0.2) is 24.6 Å². The van der Waals surface area contributed by atoms with E-state index < -0.39 is 0 Å². The van der Waals surface area contributed by atoms with Gasteiger partial charge in [0.2, 0.25) is 12.7 Å². The molecule has 0 saturated carbocycles. The highest BCUT2D eigenvalue weighted by Gasteiger charge is 2.25. The number of amides is 1. The Morgan fingerprint density at radius 3 is 2.62 bits per heavy atom. The third kappa shape index (κ3) is 3.36. The molecule has 1 aliphatic rings. The molecule has 126 valence electrons. The molecule has 2 atom stereocenters. The first-order valence-electron chi connectivity index (χ1n) is 8.00. The van der Waals surface area contributed by atoms with E-state index >= 15 is 0 Å². The van der Waals surface area contributed by atoms with Gasteiger partial charge in [-0.3, -0.25) is 4.79 Å². The summed E-state index contributed by atoms with van der Waals surface area (Å²) >= 11 is 0. The Balaban J connectivity index is 1.66. The third-order valence-electron chi connectivity index (χ3n) is 4.35. The van der Waals surface area contributed by atoms with Gasteiger partial charge in [-0.05, 0) is 23.3 Å². The Kier molecular flexibility index (Phi) is 4.71. The molecular weight excluding hydrogens is 304 g/mol. The second kappa shape index (κ2) is 6.93. The summed E-state index contributed by atoms with van der Waals surface area (Å²) in [6.07, 6.45) is 0. The van der Waals surface area contributed by atoms with Crippen molar-refractivity contribution in [2.75, 3.05) is 13.8 Å². The van der Waals surface area contributed by atoms with Crippen molar-refractivity contribution in [1.82, 2.24) is 4.90 Å². The van der Waals surface area contributed by atoms with Crippen LogP contribution in [0.5, 0.6) is 11.5 Å². The molecule has 0 unspecified atom stereocenters. The van der Waals surface area contributed by atoms with Crippen LogP contribution in [0.2, 0.25) is 0 Å². The number of nitrogens with two attached hydrogens (primary N) is 1. The highest BCUT2D eigenvalue weighted by atomic mass is 16.7. The highest BCUT2D eigenvalue weighted by molar-refractivity contribution is 5.79. The van der Waals surface area contributed by atoms with Gasteiger partial charge in [-0.25, -0.2) is 0 Å². The lowest BCUT2D eigenvalue weighted by atomic mass is 9.94. The van der Waals surface area contributed by atoms with Crippen LogP contribution in [0.25, 0.3) is 0 Å². The zero-order valence-corrected chi connectivity index (χ0v) is 13.9. The van der Waals surface area contributed by atoms with Gasteiger partial charge in [0.05, 0.1) is 5.92 Å². The van der Waals surface area contributed by atoms with E-state index in [4.69, 9.17) is 15.2 Å². The minimum atomic E-state index is -0.321. The molecular formula is C19H22N2O3. The van der Waals surface area contributed by atoms with E-state index in [1.165, 1.54) is 0 Å². The fraction of sp³-hybridized carbons (Fsp3) is 0.316. The molecule has 5 heteroatoms. The topological polar surface area (TPSA) is 64.8 Å². The molecule has 0 aromatic heterocycles. The second-order valence-electron chi connectivity index (χ2n) is 6.11. The van der Waals surface area contributed by atoms with Crippen LogP contribution >= 0.6 is 0 Å². The lowest BCUT2D eigenvalue weighted by molar-refractivity contribution is -0.134. The molecule has 0 aliphatic carbocycles. The summed E-state index contributed by atoms with van der Waals surface area (Å²) in [5, 5.41) is 0. The summed E-state index contributed by atoms with van der Waals surface area (Å²) in [6.45, 7) is 2.62.